The van der Waals surface area contributed by atoms with Crippen LogP contribution in [0, 0.1) is 0 Å². The molecule has 2 saturated heterocycles. The van der Waals surface area contributed by atoms with Gasteiger partial charge in [0.2, 0.25) is 11.8 Å². The molecule has 1 N–H and O–H groups in total. The van der Waals surface area contributed by atoms with Crippen molar-refractivity contribution in [3.05, 3.63) is 29.3 Å². The van der Waals surface area contributed by atoms with E-state index in [-0.39, 0.29) is 30.2 Å². The van der Waals surface area contributed by atoms with E-state index in [4.69, 9.17) is 4.74 Å². The number of likely N-dealkylation sites (N-methyl/N-ethyl adjacent to an activating group) is 1. The molecule has 3 aliphatic rings. The molecule has 7 nitrogen and oxygen atoms in total. The molecule has 1 aromatic rings. The first kappa shape index (κ1) is 18.9. The topological polar surface area (TPSA) is 79.0 Å². The molecule has 0 bridgehead atoms. The highest BCUT2D eigenvalue weighted by molar-refractivity contribution is 6.05. The number of likely N-dealkylation sites (tertiary alicyclic amines) is 1. The van der Waals surface area contributed by atoms with Crippen LogP contribution in [0.25, 0.3) is 0 Å². The van der Waals surface area contributed by atoms with E-state index in [0.29, 0.717) is 24.6 Å². The van der Waals surface area contributed by atoms with Crippen molar-refractivity contribution in [3.63, 3.8) is 0 Å². The lowest BCUT2D eigenvalue weighted by Crippen LogP contribution is -2.52. The lowest BCUT2D eigenvalue weighted by Gasteiger charge is -2.38. The number of rotatable bonds is 4. The molecule has 0 aliphatic carbocycles. The number of nitrogens with zero attached hydrogens (tertiary/aromatic N) is 2. The molecular formula is C21H27N3O4. The summed E-state index contributed by atoms with van der Waals surface area (Å²) in [4.78, 5) is 40.3. The van der Waals surface area contributed by atoms with Gasteiger partial charge in [-0.15, -0.1) is 0 Å². The summed E-state index contributed by atoms with van der Waals surface area (Å²) in [5.74, 6) is -0.0425. The minimum Gasteiger partial charge on any atom is -0.489 e. The van der Waals surface area contributed by atoms with Crippen LogP contribution < -0.4 is 10.1 Å². The molecule has 150 valence electrons. The number of piperidine rings is 2. The Kier molecular flexibility index (Phi) is 5.10. The minimum absolute atomic E-state index is 0.134. The van der Waals surface area contributed by atoms with Gasteiger partial charge in [-0.25, -0.2) is 0 Å². The van der Waals surface area contributed by atoms with Crippen molar-refractivity contribution in [2.75, 3.05) is 13.1 Å². The summed E-state index contributed by atoms with van der Waals surface area (Å²) in [6, 6.07) is 5.34. The standard InChI is InChI=1S/C21H27N3O4/c1-3-23-10-4-5-18(13(23)2)28-15-6-7-16-14(11-15)12-24(21(16)27)17-8-9-19(25)22-20(17)26/h6-7,11,13,17-18H,3-5,8-10,12H2,1-2H3,(H,22,25,26)/t13-,17?,18-/m0/s1. The Balaban J connectivity index is 1.48. The molecule has 28 heavy (non-hydrogen) atoms. The van der Waals surface area contributed by atoms with Crippen LogP contribution in [-0.2, 0) is 16.1 Å². The number of nitrogens with one attached hydrogen (secondary N) is 1. The van der Waals surface area contributed by atoms with Gasteiger partial charge in [0.25, 0.3) is 5.91 Å². The first-order valence-corrected chi connectivity index (χ1v) is 10.2. The second-order valence-electron chi connectivity index (χ2n) is 7.89. The Labute approximate surface area is 165 Å². The highest BCUT2D eigenvalue weighted by Gasteiger charge is 2.39. The average Bonchev–Trinajstić information content (AvgIpc) is 2.99. The first-order valence-electron chi connectivity index (χ1n) is 10.2. The zero-order valence-electron chi connectivity index (χ0n) is 16.4. The zero-order valence-corrected chi connectivity index (χ0v) is 16.4. The van der Waals surface area contributed by atoms with Gasteiger partial charge in [0.05, 0.1) is 0 Å². The van der Waals surface area contributed by atoms with Crippen LogP contribution in [0.15, 0.2) is 18.2 Å². The van der Waals surface area contributed by atoms with E-state index in [0.717, 1.165) is 37.2 Å². The van der Waals surface area contributed by atoms with Gasteiger partial charge < -0.3 is 9.64 Å². The molecule has 2 fully saturated rings. The summed E-state index contributed by atoms with van der Waals surface area (Å²) < 4.78 is 6.28. The zero-order chi connectivity index (χ0) is 19.8. The van der Waals surface area contributed by atoms with Crippen molar-refractivity contribution in [2.24, 2.45) is 0 Å². The lowest BCUT2D eigenvalue weighted by atomic mass is 10.00. The highest BCUT2D eigenvalue weighted by Crippen LogP contribution is 2.31. The number of carbonyl (C=O) groups is 3. The molecule has 0 spiro atoms. The van der Waals surface area contributed by atoms with Crippen LogP contribution >= 0.6 is 0 Å². The SMILES string of the molecule is CCN1CCC[C@H](Oc2ccc3c(c2)CN(C2CCC(=O)NC2=O)C3=O)[C@@H]1C. The smallest absolute Gasteiger partial charge is 0.255 e. The number of hydrogen-bond acceptors (Lipinski definition) is 5. The summed E-state index contributed by atoms with van der Waals surface area (Å²) in [6.45, 7) is 6.87. The van der Waals surface area contributed by atoms with Crippen LogP contribution in [-0.4, -0.2) is 58.8 Å². The second-order valence-corrected chi connectivity index (χ2v) is 7.89. The summed E-state index contributed by atoms with van der Waals surface area (Å²) in [7, 11) is 0. The van der Waals surface area contributed by atoms with Crippen molar-refractivity contribution in [1.82, 2.24) is 15.1 Å². The Morgan fingerprint density at radius 3 is 2.79 bits per heavy atom. The first-order chi connectivity index (χ1) is 13.5. The van der Waals surface area contributed by atoms with Crippen LogP contribution in [0.4, 0.5) is 0 Å². The fourth-order valence-corrected chi connectivity index (χ4v) is 4.58. The fraction of sp³-hybridized carbons (Fsp3) is 0.571. The van der Waals surface area contributed by atoms with Crippen molar-refractivity contribution in [3.8, 4) is 5.75 Å². The van der Waals surface area contributed by atoms with Gasteiger partial charge in [-0.05, 0) is 63.0 Å². The molecule has 0 radical (unpaired) electrons. The van der Waals surface area contributed by atoms with E-state index < -0.39 is 6.04 Å². The molecule has 4 rings (SSSR count). The highest BCUT2D eigenvalue weighted by atomic mass is 16.5. The molecule has 3 aliphatic heterocycles. The van der Waals surface area contributed by atoms with Gasteiger partial charge in [-0.1, -0.05) is 6.92 Å². The number of hydrogen-bond donors (Lipinski definition) is 1. The number of carbonyl (C=O) groups excluding carboxylic acids is 3. The summed E-state index contributed by atoms with van der Waals surface area (Å²) >= 11 is 0. The van der Waals surface area contributed by atoms with Gasteiger partial charge in [-0.2, -0.15) is 0 Å². The van der Waals surface area contributed by atoms with Gasteiger partial charge in [0, 0.05) is 24.6 Å². The van der Waals surface area contributed by atoms with Crippen molar-refractivity contribution in [1.29, 1.82) is 0 Å². The monoisotopic (exact) mass is 385 g/mol. The van der Waals surface area contributed by atoms with Crippen LogP contribution in [0.2, 0.25) is 0 Å². The van der Waals surface area contributed by atoms with E-state index in [9.17, 15) is 14.4 Å². The summed E-state index contributed by atoms with van der Waals surface area (Å²) in [5, 5.41) is 2.33. The van der Waals surface area contributed by atoms with E-state index in [2.05, 4.69) is 24.1 Å². The van der Waals surface area contributed by atoms with Crippen LogP contribution in [0.5, 0.6) is 5.75 Å². The van der Waals surface area contributed by atoms with E-state index in [1.54, 1.807) is 11.0 Å². The van der Waals surface area contributed by atoms with Crippen LogP contribution in [0.3, 0.4) is 0 Å². The van der Waals surface area contributed by atoms with E-state index in [1.807, 2.05) is 12.1 Å². The van der Waals surface area contributed by atoms with Gasteiger partial charge >= 0.3 is 0 Å². The quantitative estimate of drug-likeness (QED) is 0.798. The number of amides is 3. The fourth-order valence-electron chi connectivity index (χ4n) is 4.58. The maximum Gasteiger partial charge on any atom is 0.255 e. The maximum atomic E-state index is 12.8. The average molecular weight is 385 g/mol. The predicted molar refractivity (Wildman–Crippen MR) is 103 cm³/mol. The minimum atomic E-state index is -0.585. The molecule has 0 saturated carbocycles. The van der Waals surface area contributed by atoms with Crippen molar-refractivity contribution < 1.29 is 19.1 Å². The largest absolute Gasteiger partial charge is 0.489 e. The van der Waals surface area contributed by atoms with Gasteiger partial charge in [0.1, 0.15) is 17.9 Å². The number of benzene rings is 1. The molecule has 3 heterocycles. The number of imide groups is 1. The second kappa shape index (κ2) is 7.54. The molecule has 1 unspecified atom stereocenters. The molecular weight excluding hydrogens is 358 g/mol. The lowest BCUT2D eigenvalue weighted by molar-refractivity contribution is -0.136. The third kappa shape index (κ3) is 3.39. The van der Waals surface area contributed by atoms with E-state index >= 15 is 0 Å². The third-order valence-electron chi connectivity index (χ3n) is 6.24. The van der Waals surface area contributed by atoms with Crippen LogP contribution in [0.1, 0.15) is 55.5 Å². The van der Waals surface area contributed by atoms with Crippen molar-refractivity contribution >= 4 is 17.7 Å². The Hall–Kier alpha value is -2.41. The normalized spacial score (nSPS) is 28.3. The maximum absolute atomic E-state index is 12.8. The number of ether oxygens (including phenoxy) is 1. The Morgan fingerprint density at radius 1 is 1.21 bits per heavy atom. The third-order valence-corrected chi connectivity index (χ3v) is 6.24. The van der Waals surface area contributed by atoms with Gasteiger partial charge in [-0.3, -0.25) is 24.6 Å². The summed E-state index contributed by atoms with van der Waals surface area (Å²) in [6.07, 6.45) is 2.92. The number of fused-ring (bicyclic) bond motifs is 1. The molecule has 7 heteroatoms. The van der Waals surface area contributed by atoms with E-state index in [1.165, 1.54) is 0 Å². The Bertz CT molecular complexity index is 809. The summed E-state index contributed by atoms with van der Waals surface area (Å²) in [5.41, 5.74) is 1.49. The van der Waals surface area contributed by atoms with Gasteiger partial charge in [0.15, 0.2) is 0 Å². The molecule has 3 amide bonds. The molecule has 1 aromatic carbocycles. The Morgan fingerprint density at radius 2 is 2.04 bits per heavy atom. The molecule has 3 atom stereocenters. The molecule has 0 aromatic heterocycles. The predicted octanol–water partition coefficient (Wildman–Crippen LogP) is 1.70. The van der Waals surface area contributed by atoms with Crippen molar-refractivity contribution in [2.45, 2.75) is 64.3 Å².